The molecular weight excluding hydrogens is 500 g/mol. The van der Waals surface area contributed by atoms with Crippen LogP contribution < -0.4 is 9.80 Å². The van der Waals surface area contributed by atoms with Gasteiger partial charge in [0.1, 0.15) is 0 Å². The molecule has 3 aliphatic rings. The summed E-state index contributed by atoms with van der Waals surface area (Å²) in [5, 5.41) is 22.3. The summed E-state index contributed by atoms with van der Waals surface area (Å²) in [6.45, 7) is 0.688. The van der Waals surface area contributed by atoms with Gasteiger partial charge in [-0.1, -0.05) is 97.1 Å². The van der Waals surface area contributed by atoms with Crippen molar-refractivity contribution in [1.82, 2.24) is 0 Å². The second-order valence-electron chi connectivity index (χ2n) is 11.1. The van der Waals surface area contributed by atoms with Crippen molar-refractivity contribution in [3.63, 3.8) is 0 Å². The van der Waals surface area contributed by atoms with Gasteiger partial charge in [-0.15, -0.1) is 0 Å². The van der Waals surface area contributed by atoms with E-state index in [1.807, 2.05) is 109 Å². The molecule has 1 aliphatic carbocycles. The van der Waals surface area contributed by atoms with E-state index in [4.69, 9.17) is 0 Å². The summed E-state index contributed by atoms with van der Waals surface area (Å²) in [5.41, 5.74) is 2.12. The second kappa shape index (κ2) is 9.15. The van der Waals surface area contributed by atoms with E-state index in [1.165, 1.54) is 0 Å². The van der Waals surface area contributed by atoms with Crippen LogP contribution in [0.25, 0.3) is 0 Å². The average Bonchev–Trinajstić information content (AvgIpc) is 3.35. The number of carbonyl (C=O) groups excluding carboxylic acids is 2. The Kier molecular flexibility index (Phi) is 5.66. The third-order valence-electron chi connectivity index (χ3n) is 9.10. The Labute approximate surface area is 233 Å². The smallest absolute Gasteiger partial charge is 0.239 e. The summed E-state index contributed by atoms with van der Waals surface area (Å²) in [5.74, 6) is -0.429. The van der Waals surface area contributed by atoms with Crippen molar-refractivity contribution in [2.45, 2.75) is 49.0 Å². The van der Waals surface area contributed by atoms with Crippen LogP contribution in [-0.4, -0.2) is 34.2 Å². The standard InChI is InChI=1S/C34H30N2O4/c37-29-19-33(25-15-7-9-17-27(25)35(31(33)39)21-23-11-3-1-4-12-23)34(20-30(29)38)26-16-8-10-18-28(26)36(32(34)40)22-24-13-5-2-6-14-24/h1-18,29-30,37-38H,19-22H2/t29-,30?,33+,34+/m0/s1. The van der Waals surface area contributed by atoms with Crippen LogP contribution in [-0.2, 0) is 33.5 Å². The van der Waals surface area contributed by atoms with Gasteiger partial charge in [0.05, 0.1) is 36.1 Å². The maximum Gasteiger partial charge on any atom is 0.239 e. The molecular formula is C34H30N2O4. The van der Waals surface area contributed by atoms with Gasteiger partial charge in [0.25, 0.3) is 0 Å². The summed E-state index contributed by atoms with van der Waals surface area (Å²) >= 11 is 0. The normalized spacial score (nSPS) is 26.9. The molecule has 4 aromatic rings. The number of carbonyl (C=O) groups is 2. The molecule has 7 rings (SSSR count). The van der Waals surface area contributed by atoms with Crippen LogP contribution in [0, 0.1) is 0 Å². The molecule has 6 heteroatoms. The summed E-state index contributed by atoms with van der Waals surface area (Å²) in [4.78, 5) is 33.4. The first-order valence-corrected chi connectivity index (χ1v) is 13.7. The van der Waals surface area contributed by atoms with Crippen LogP contribution in [0.3, 0.4) is 0 Å². The molecule has 0 aromatic heterocycles. The maximum atomic E-state index is 14.9. The first-order valence-electron chi connectivity index (χ1n) is 13.7. The SMILES string of the molecule is O=C1N(Cc2ccccc2)c2ccccc2[C@]12CC(O)[C@@H](O)C[C@@]21C(=O)N(Cc2ccccc2)c2ccccc21. The van der Waals surface area contributed by atoms with Crippen molar-refractivity contribution >= 4 is 23.2 Å². The van der Waals surface area contributed by atoms with Crippen molar-refractivity contribution in [2.24, 2.45) is 0 Å². The fourth-order valence-electron chi connectivity index (χ4n) is 7.36. The van der Waals surface area contributed by atoms with E-state index in [0.29, 0.717) is 13.1 Å². The zero-order valence-corrected chi connectivity index (χ0v) is 22.0. The van der Waals surface area contributed by atoms with E-state index in [1.54, 1.807) is 9.80 Å². The number of hydrogen-bond donors (Lipinski definition) is 2. The number of aliphatic hydroxyl groups is 2. The summed E-state index contributed by atoms with van der Waals surface area (Å²) in [7, 11) is 0. The number of rotatable bonds is 4. The molecule has 2 amide bonds. The van der Waals surface area contributed by atoms with Crippen molar-refractivity contribution in [2.75, 3.05) is 9.80 Å². The summed E-state index contributed by atoms with van der Waals surface area (Å²) in [6.07, 6.45) is -2.40. The monoisotopic (exact) mass is 530 g/mol. The molecule has 1 fully saturated rings. The Morgan fingerprint density at radius 2 is 0.900 bits per heavy atom. The van der Waals surface area contributed by atoms with Gasteiger partial charge in [-0.25, -0.2) is 0 Å². The maximum absolute atomic E-state index is 14.9. The first-order chi connectivity index (χ1) is 19.5. The lowest BCUT2D eigenvalue weighted by molar-refractivity contribution is -0.146. The highest BCUT2D eigenvalue weighted by Crippen LogP contribution is 2.64. The predicted molar refractivity (Wildman–Crippen MR) is 153 cm³/mol. The number of benzene rings is 4. The molecule has 6 nitrogen and oxygen atoms in total. The van der Waals surface area contributed by atoms with Gasteiger partial charge < -0.3 is 20.0 Å². The van der Waals surface area contributed by atoms with Crippen LogP contribution in [0.5, 0.6) is 0 Å². The first kappa shape index (κ1) is 24.8. The number of anilines is 2. The number of aliphatic hydroxyl groups excluding tert-OH is 2. The highest BCUT2D eigenvalue weighted by atomic mass is 16.3. The van der Waals surface area contributed by atoms with Crippen LogP contribution in [0.15, 0.2) is 109 Å². The van der Waals surface area contributed by atoms with Gasteiger partial charge in [-0.3, -0.25) is 9.59 Å². The molecule has 0 bridgehead atoms. The molecule has 1 unspecified atom stereocenters. The highest BCUT2D eigenvalue weighted by molar-refractivity contribution is 6.19. The van der Waals surface area contributed by atoms with Crippen molar-refractivity contribution in [3.8, 4) is 0 Å². The minimum atomic E-state index is -1.38. The van der Waals surface area contributed by atoms with Crippen LogP contribution >= 0.6 is 0 Å². The van der Waals surface area contributed by atoms with E-state index in [2.05, 4.69) is 0 Å². The molecule has 1 saturated carbocycles. The molecule has 0 radical (unpaired) electrons. The van der Waals surface area contributed by atoms with Gasteiger partial charge in [0.2, 0.25) is 11.8 Å². The molecule has 200 valence electrons. The van der Waals surface area contributed by atoms with Crippen molar-refractivity contribution in [1.29, 1.82) is 0 Å². The fourth-order valence-corrected chi connectivity index (χ4v) is 7.36. The summed E-state index contributed by atoms with van der Waals surface area (Å²) < 4.78 is 0. The largest absolute Gasteiger partial charge is 0.390 e. The number of nitrogens with zero attached hydrogens (tertiary/aromatic N) is 2. The molecule has 2 spiro atoms. The fraction of sp³-hybridized carbons (Fsp3) is 0.235. The summed E-state index contributed by atoms with van der Waals surface area (Å²) in [6, 6.07) is 34.8. The zero-order chi connectivity index (χ0) is 27.5. The minimum absolute atomic E-state index is 0.0471. The Morgan fingerprint density at radius 1 is 0.550 bits per heavy atom. The van der Waals surface area contributed by atoms with Gasteiger partial charge >= 0.3 is 0 Å². The molecule has 4 aromatic carbocycles. The Hall–Kier alpha value is -4.26. The van der Waals surface area contributed by atoms with E-state index in [9.17, 15) is 19.8 Å². The Bertz CT molecular complexity index is 1490. The third kappa shape index (κ3) is 3.30. The van der Waals surface area contributed by atoms with Gasteiger partial charge in [0, 0.05) is 11.4 Å². The number of fused-ring (bicyclic) bond motifs is 5. The second-order valence-corrected chi connectivity index (χ2v) is 11.1. The number of para-hydroxylation sites is 2. The van der Waals surface area contributed by atoms with Gasteiger partial charge in [-0.05, 0) is 47.2 Å². The molecule has 40 heavy (non-hydrogen) atoms. The highest BCUT2D eigenvalue weighted by Gasteiger charge is 2.73. The van der Waals surface area contributed by atoms with E-state index in [-0.39, 0.29) is 24.7 Å². The molecule has 0 saturated heterocycles. The molecule has 2 N–H and O–H groups in total. The van der Waals surface area contributed by atoms with E-state index in [0.717, 1.165) is 33.6 Å². The number of amides is 2. The Balaban J connectivity index is 1.45. The van der Waals surface area contributed by atoms with Gasteiger partial charge in [0.15, 0.2) is 0 Å². The average molecular weight is 531 g/mol. The molecule has 2 heterocycles. The topological polar surface area (TPSA) is 81.1 Å². The molecule has 4 atom stereocenters. The Morgan fingerprint density at radius 3 is 1.30 bits per heavy atom. The van der Waals surface area contributed by atoms with Crippen LogP contribution in [0.1, 0.15) is 35.1 Å². The lowest BCUT2D eigenvalue weighted by Crippen LogP contribution is -2.66. The zero-order valence-electron chi connectivity index (χ0n) is 22.0. The van der Waals surface area contributed by atoms with Crippen LogP contribution in [0.4, 0.5) is 11.4 Å². The van der Waals surface area contributed by atoms with Crippen molar-refractivity contribution < 1.29 is 19.8 Å². The third-order valence-corrected chi connectivity index (χ3v) is 9.10. The number of hydrogen-bond acceptors (Lipinski definition) is 4. The predicted octanol–water partition coefficient (Wildman–Crippen LogP) is 4.47. The molecule has 2 aliphatic heterocycles. The van der Waals surface area contributed by atoms with E-state index < -0.39 is 23.0 Å². The van der Waals surface area contributed by atoms with Gasteiger partial charge in [-0.2, -0.15) is 0 Å². The van der Waals surface area contributed by atoms with Crippen molar-refractivity contribution in [3.05, 3.63) is 131 Å². The minimum Gasteiger partial charge on any atom is -0.390 e. The lowest BCUT2D eigenvalue weighted by Gasteiger charge is -2.50. The lowest BCUT2D eigenvalue weighted by atomic mass is 9.50. The van der Waals surface area contributed by atoms with E-state index >= 15 is 0 Å². The quantitative estimate of drug-likeness (QED) is 0.408. The van der Waals surface area contributed by atoms with Crippen LogP contribution in [0.2, 0.25) is 0 Å².